The van der Waals surface area contributed by atoms with Crippen LogP contribution in [0.1, 0.15) is 23.1 Å². The van der Waals surface area contributed by atoms with Gasteiger partial charge in [-0.05, 0) is 62.1 Å². The Morgan fingerprint density at radius 1 is 1.10 bits per heavy atom. The fraction of sp³-hybridized carbons (Fsp3) is 0.381. The molecule has 0 saturated carbocycles. The lowest BCUT2D eigenvalue weighted by Gasteiger charge is -2.13. The number of nitrogens with zero attached hydrogens (tertiary/aromatic N) is 1. The van der Waals surface area contributed by atoms with Crippen molar-refractivity contribution in [1.29, 1.82) is 0 Å². The molecule has 0 heterocycles. The summed E-state index contributed by atoms with van der Waals surface area (Å²) >= 11 is 0. The number of nitro benzene ring substituents is 1. The zero-order valence-electron chi connectivity index (χ0n) is 17.1. The van der Waals surface area contributed by atoms with Crippen LogP contribution in [0.5, 0.6) is 17.2 Å². The molecule has 0 aliphatic heterocycles. The van der Waals surface area contributed by atoms with Gasteiger partial charge >= 0.3 is 5.69 Å². The highest BCUT2D eigenvalue weighted by Crippen LogP contribution is 2.30. The van der Waals surface area contributed by atoms with Crippen molar-refractivity contribution in [3.8, 4) is 17.2 Å². The zero-order valence-corrected chi connectivity index (χ0v) is 17.1. The maximum Gasteiger partial charge on any atom is 0.314 e. The summed E-state index contributed by atoms with van der Waals surface area (Å²) in [5, 5.41) is 13.8. The number of hydrogen-bond donors (Lipinski definition) is 1. The fourth-order valence-corrected chi connectivity index (χ4v) is 2.72. The van der Waals surface area contributed by atoms with E-state index in [-0.39, 0.29) is 24.0 Å². The molecular weight excluding hydrogens is 376 g/mol. The molecule has 8 heteroatoms. The van der Waals surface area contributed by atoms with E-state index in [4.69, 9.17) is 14.2 Å². The average Bonchev–Trinajstić information content (AvgIpc) is 2.69. The molecule has 1 amide bonds. The zero-order chi connectivity index (χ0) is 21.4. The molecule has 0 spiro atoms. The lowest BCUT2D eigenvalue weighted by atomic mass is 10.1. The second-order valence-electron chi connectivity index (χ2n) is 6.64. The van der Waals surface area contributed by atoms with Crippen LogP contribution < -0.4 is 19.5 Å². The van der Waals surface area contributed by atoms with Gasteiger partial charge in [-0.3, -0.25) is 14.9 Å². The molecule has 0 radical (unpaired) electrons. The van der Waals surface area contributed by atoms with Crippen molar-refractivity contribution in [2.45, 2.75) is 27.2 Å². The first-order valence-electron chi connectivity index (χ1n) is 9.24. The Bertz CT molecular complexity index is 882. The highest BCUT2D eigenvalue weighted by atomic mass is 16.6. The van der Waals surface area contributed by atoms with Gasteiger partial charge in [0.1, 0.15) is 11.5 Å². The molecule has 156 valence electrons. The molecule has 8 nitrogen and oxygen atoms in total. The number of nitrogens with one attached hydrogen (secondary N) is 1. The third kappa shape index (κ3) is 6.38. The predicted molar refractivity (Wildman–Crippen MR) is 109 cm³/mol. The van der Waals surface area contributed by atoms with Gasteiger partial charge < -0.3 is 19.5 Å². The van der Waals surface area contributed by atoms with Gasteiger partial charge in [0.05, 0.1) is 24.7 Å². The Morgan fingerprint density at radius 2 is 1.86 bits per heavy atom. The van der Waals surface area contributed by atoms with Gasteiger partial charge in [0.2, 0.25) is 0 Å². The van der Waals surface area contributed by atoms with Crippen LogP contribution in [0.4, 0.5) is 5.69 Å². The van der Waals surface area contributed by atoms with E-state index < -0.39 is 4.92 Å². The molecule has 29 heavy (non-hydrogen) atoms. The van der Waals surface area contributed by atoms with Crippen LogP contribution in [0, 0.1) is 30.9 Å². The van der Waals surface area contributed by atoms with Crippen molar-refractivity contribution in [2.75, 3.05) is 26.9 Å². The quantitative estimate of drug-likeness (QED) is 0.371. The SMILES string of the molecule is COc1ccc(OCC(=O)NCCCOc2cc(C)cc(C)c2C)c([N+](=O)[O-])c1. The van der Waals surface area contributed by atoms with E-state index in [1.807, 2.05) is 26.8 Å². The smallest absolute Gasteiger partial charge is 0.314 e. The van der Waals surface area contributed by atoms with Crippen molar-refractivity contribution >= 4 is 11.6 Å². The number of benzene rings is 2. The molecule has 0 unspecified atom stereocenters. The van der Waals surface area contributed by atoms with Crippen molar-refractivity contribution < 1.29 is 23.9 Å². The van der Waals surface area contributed by atoms with E-state index in [0.717, 1.165) is 16.9 Å². The van der Waals surface area contributed by atoms with Crippen molar-refractivity contribution in [1.82, 2.24) is 5.32 Å². The molecule has 0 fully saturated rings. The molecule has 0 aliphatic rings. The summed E-state index contributed by atoms with van der Waals surface area (Å²) < 4.78 is 16.1. The van der Waals surface area contributed by atoms with Gasteiger partial charge in [-0.2, -0.15) is 0 Å². The van der Waals surface area contributed by atoms with E-state index in [1.54, 1.807) is 0 Å². The standard InChI is InChI=1S/C21H26N2O6/c1-14-10-15(2)16(3)20(11-14)28-9-5-8-22-21(24)13-29-19-7-6-17(27-4)12-18(19)23(25)26/h6-7,10-12H,5,8-9,13H2,1-4H3,(H,22,24). The minimum absolute atomic E-state index is 0.0135. The number of hydrogen-bond acceptors (Lipinski definition) is 6. The van der Waals surface area contributed by atoms with Gasteiger partial charge in [-0.1, -0.05) is 6.07 Å². The minimum Gasteiger partial charge on any atom is -0.496 e. The van der Waals surface area contributed by atoms with Crippen LogP contribution >= 0.6 is 0 Å². The van der Waals surface area contributed by atoms with E-state index in [0.29, 0.717) is 25.3 Å². The largest absolute Gasteiger partial charge is 0.496 e. The molecular formula is C21H26N2O6. The summed E-state index contributed by atoms with van der Waals surface area (Å²) in [6, 6.07) is 8.29. The van der Waals surface area contributed by atoms with Crippen molar-refractivity contribution in [2.24, 2.45) is 0 Å². The first kappa shape index (κ1) is 22.0. The third-order valence-corrected chi connectivity index (χ3v) is 4.39. The second kappa shape index (κ2) is 10.3. The Balaban J connectivity index is 1.75. The van der Waals surface area contributed by atoms with E-state index in [9.17, 15) is 14.9 Å². The number of nitro groups is 1. The van der Waals surface area contributed by atoms with Gasteiger partial charge in [0, 0.05) is 6.54 Å². The molecule has 0 bridgehead atoms. The van der Waals surface area contributed by atoms with Crippen LogP contribution in [0.15, 0.2) is 30.3 Å². The molecule has 2 aromatic rings. The van der Waals surface area contributed by atoms with Crippen molar-refractivity contribution in [3.05, 3.63) is 57.1 Å². The number of carbonyl (C=O) groups is 1. The summed E-state index contributed by atoms with van der Waals surface area (Å²) in [4.78, 5) is 22.5. The summed E-state index contributed by atoms with van der Waals surface area (Å²) in [6.45, 7) is 6.65. The van der Waals surface area contributed by atoms with Crippen LogP contribution in [0.3, 0.4) is 0 Å². The summed E-state index contributed by atoms with van der Waals surface area (Å²) in [6.07, 6.45) is 0.626. The van der Waals surface area contributed by atoms with Crippen LogP contribution in [-0.2, 0) is 4.79 Å². The summed E-state index contributed by atoms with van der Waals surface area (Å²) in [7, 11) is 1.41. The Labute approximate surface area is 169 Å². The Morgan fingerprint density at radius 3 is 2.55 bits per heavy atom. The van der Waals surface area contributed by atoms with Crippen LogP contribution in [-0.4, -0.2) is 37.7 Å². The van der Waals surface area contributed by atoms with E-state index in [1.165, 1.54) is 30.9 Å². The lowest BCUT2D eigenvalue weighted by Crippen LogP contribution is -2.30. The first-order valence-corrected chi connectivity index (χ1v) is 9.24. The molecule has 1 N–H and O–H groups in total. The van der Waals surface area contributed by atoms with Gasteiger partial charge in [0.15, 0.2) is 12.4 Å². The maximum atomic E-state index is 11.9. The summed E-state index contributed by atoms with van der Waals surface area (Å²) in [5.74, 6) is 0.841. The number of amides is 1. The van der Waals surface area contributed by atoms with E-state index in [2.05, 4.69) is 11.4 Å². The highest BCUT2D eigenvalue weighted by molar-refractivity contribution is 5.77. The average molecular weight is 402 g/mol. The number of aryl methyl sites for hydroxylation is 2. The minimum atomic E-state index is -0.581. The normalized spacial score (nSPS) is 10.3. The monoisotopic (exact) mass is 402 g/mol. The first-order chi connectivity index (χ1) is 13.8. The van der Waals surface area contributed by atoms with Gasteiger partial charge in [-0.25, -0.2) is 0 Å². The van der Waals surface area contributed by atoms with Crippen LogP contribution in [0.2, 0.25) is 0 Å². The number of ether oxygens (including phenoxy) is 3. The van der Waals surface area contributed by atoms with Gasteiger partial charge in [-0.15, -0.1) is 0 Å². The maximum absolute atomic E-state index is 11.9. The number of methoxy groups -OCH3 is 1. The molecule has 0 saturated heterocycles. The molecule has 2 rings (SSSR count). The Hall–Kier alpha value is -3.29. The highest BCUT2D eigenvalue weighted by Gasteiger charge is 2.17. The molecule has 2 aromatic carbocycles. The van der Waals surface area contributed by atoms with Crippen molar-refractivity contribution in [3.63, 3.8) is 0 Å². The second-order valence-corrected chi connectivity index (χ2v) is 6.64. The molecule has 0 aromatic heterocycles. The van der Waals surface area contributed by atoms with E-state index >= 15 is 0 Å². The number of rotatable bonds is 10. The lowest BCUT2D eigenvalue weighted by molar-refractivity contribution is -0.385. The third-order valence-electron chi connectivity index (χ3n) is 4.39. The molecule has 0 atom stereocenters. The Kier molecular flexibility index (Phi) is 7.82. The van der Waals surface area contributed by atoms with Crippen LogP contribution in [0.25, 0.3) is 0 Å². The fourth-order valence-electron chi connectivity index (χ4n) is 2.72. The number of carbonyl (C=O) groups excluding carboxylic acids is 1. The molecule has 0 aliphatic carbocycles. The summed E-state index contributed by atoms with van der Waals surface area (Å²) in [5.41, 5.74) is 3.17. The topological polar surface area (TPSA) is 99.9 Å². The predicted octanol–water partition coefficient (Wildman–Crippen LogP) is 3.49. The van der Waals surface area contributed by atoms with Gasteiger partial charge in [0.25, 0.3) is 5.91 Å².